The molecule has 3 nitrogen and oxygen atoms in total. The van der Waals surface area contributed by atoms with Gasteiger partial charge in [-0.2, -0.15) is 0 Å². The topological polar surface area (TPSA) is 44.5 Å². The zero-order valence-corrected chi connectivity index (χ0v) is 13.8. The molecule has 1 atom stereocenters. The molecule has 2 N–H and O–H groups in total. The van der Waals surface area contributed by atoms with E-state index in [9.17, 15) is 0 Å². The van der Waals surface area contributed by atoms with E-state index in [4.69, 9.17) is 15.2 Å². The summed E-state index contributed by atoms with van der Waals surface area (Å²) in [4.78, 5) is 0. The van der Waals surface area contributed by atoms with Crippen molar-refractivity contribution in [1.29, 1.82) is 0 Å². The maximum atomic E-state index is 5.79. The van der Waals surface area contributed by atoms with Crippen LogP contribution in [0.15, 0.2) is 24.3 Å². The lowest BCUT2D eigenvalue weighted by molar-refractivity contribution is 0.102. The lowest BCUT2D eigenvalue weighted by Gasteiger charge is -2.04. The van der Waals surface area contributed by atoms with Crippen molar-refractivity contribution in [3.8, 4) is 11.8 Å². The molecule has 0 fully saturated rings. The van der Waals surface area contributed by atoms with E-state index in [2.05, 4.69) is 11.8 Å². The predicted octanol–water partition coefficient (Wildman–Crippen LogP) is 3.53. The van der Waals surface area contributed by atoms with E-state index in [0.29, 0.717) is 13.2 Å². The van der Waals surface area contributed by atoms with Crippen molar-refractivity contribution in [2.75, 3.05) is 26.4 Å². The quantitative estimate of drug-likeness (QED) is 0.617. The van der Waals surface area contributed by atoms with Crippen LogP contribution in [-0.2, 0) is 9.47 Å². The number of nitrogens with two attached hydrogens (primary N) is 1. The Morgan fingerprint density at radius 3 is 2.29 bits per heavy atom. The second-order valence-corrected chi connectivity index (χ2v) is 4.32. The Balaban J connectivity index is 0.00000191. The summed E-state index contributed by atoms with van der Waals surface area (Å²) in [5, 5.41) is 0. The summed E-state index contributed by atoms with van der Waals surface area (Å²) in [5.41, 5.74) is 7.90. The summed E-state index contributed by atoms with van der Waals surface area (Å²) >= 11 is 0. The maximum Gasteiger partial charge on any atom is 0.108 e. The molecule has 0 heterocycles. The molecule has 0 saturated heterocycles. The molecular formula is C18H29NO2. The SMILES string of the molecule is CC.CCOCCCOCC#Cc1ccc(C(C)N)cc1. The Morgan fingerprint density at radius 2 is 1.71 bits per heavy atom. The molecule has 1 unspecified atom stereocenters. The molecule has 1 aromatic rings. The second-order valence-electron chi connectivity index (χ2n) is 4.32. The highest BCUT2D eigenvalue weighted by molar-refractivity contribution is 5.36. The highest BCUT2D eigenvalue weighted by atomic mass is 16.5. The molecule has 3 heteroatoms. The molecule has 0 spiro atoms. The van der Waals surface area contributed by atoms with Crippen LogP contribution in [0.3, 0.4) is 0 Å². The van der Waals surface area contributed by atoms with E-state index in [0.717, 1.165) is 30.8 Å². The minimum atomic E-state index is 0.0654. The number of hydrogen-bond donors (Lipinski definition) is 1. The molecule has 0 saturated carbocycles. The molecule has 0 bridgehead atoms. The highest BCUT2D eigenvalue weighted by Gasteiger charge is 1.97. The molecule has 118 valence electrons. The van der Waals surface area contributed by atoms with Gasteiger partial charge in [-0.1, -0.05) is 37.8 Å². The highest BCUT2D eigenvalue weighted by Crippen LogP contribution is 2.09. The van der Waals surface area contributed by atoms with Crippen LogP contribution < -0.4 is 5.73 Å². The van der Waals surface area contributed by atoms with E-state index >= 15 is 0 Å². The van der Waals surface area contributed by atoms with Crippen molar-refractivity contribution in [1.82, 2.24) is 0 Å². The van der Waals surface area contributed by atoms with E-state index in [-0.39, 0.29) is 6.04 Å². The number of rotatable bonds is 7. The minimum Gasteiger partial charge on any atom is -0.382 e. The second kappa shape index (κ2) is 13.6. The van der Waals surface area contributed by atoms with Gasteiger partial charge in [-0.15, -0.1) is 0 Å². The third-order valence-electron chi connectivity index (χ3n) is 2.62. The number of benzene rings is 1. The van der Waals surface area contributed by atoms with Crippen molar-refractivity contribution in [2.24, 2.45) is 5.73 Å². The number of hydrogen-bond acceptors (Lipinski definition) is 3. The summed E-state index contributed by atoms with van der Waals surface area (Å²) in [6, 6.07) is 8.06. The number of ether oxygens (including phenoxy) is 2. The van der Waals surface area contributed by atoms with Gasteiger partial charge in [0.15, 0.2) is 0 Å². The third kappa shape index (κ3) is 10.1. The fraction of sp³-hybridized carbons (Fsp3) is 0.556. The Kier molecular flexibility index (Phi) is 12.8. The first-order chi connectivity index (χ1) is 10.2. The standard InChI is InChI=1S/C16H23NO2.C2H6/c1-3-18-12-5-13-19-11-4-6-15-7-9-16(10-8-15)14(2)17;1-2/h7-10,14H,3,5,11-13,17H2,1-2H3;1-2H3. The maximum absolute atomic E-state index is 5.79. The van der Waals surface area contributed by atoms with Gasteiger partial charge in [0.2, 0.25) is 0 Å². The van der Waals surface area contributed by atoms with Crippen molar-refractivity contribution in [2.45, 2.75) is 40.2 Å². The molecule has 0 amide bonds. The van der Waals surface area contributed by atoms with Gasteiger partial charge in [-0.05, 0) is 38.0 Å². The summed E-state index contributed by atoms with van der Waals surface area (Å²) in [5.74, 6) is 6.06. The first-order valence-electron chi connectivity index (χ1n) is 7.74. The van der Waals surface area contributed by atoms with Gasteiger partial charge in [0.05, 0.1) is 6.61 Å². The molecule has 0 aliphatic heterocycles. The van der Waals surface area contributed by atoms with Crippen LogP contribution >= 0.6 is 0 Å². The zero-order valence-electron chi connectivity index (χ0n) is 13.8. The molecule has 0 aliphatic rings. The average molecular weight is 291 g/mol. The zero-order chi connectivity index (χ0) is 15.9. The molecule has 21 heavy (non-hydrogen) atoms. The fourth-order valence-corrected chi connectivity index (χ4v) is 1.54. The van der Waals surface area contributed by atoms with Crippen molar-refractivity contribution in [3.63, 3.8) is 0 Å². The van der Waals surface area contributed by atoms with E-state index in [1.54, 1.807) is 0 Å². The minimum absolute atomic E-state index is 0.0654. The van der Waals surface area contributed by atoms with Crippen LogP contribution in [0.5, 0.6) is 0 Å². The van der Waals surface area contributed by atoms with Crippen molar-refractivity contribution < 1.29 is 9.47 Å². The first-order valence-corrected chi connectivity index (χ1v) is 7.74. The molecule has 0 radical (unpaired) electrons. The van der Waals surface area contributed by atoms with Crippen molar-refractivity contribution in [3.05, 3.63) is 35.4 Å². The van der Waals surface area contributed by atoms with E-state index in [1.165, 1.54) is 0 Å². The Labute approximate surface area is 129 Å². The van der Waals surface area contributed by atoms with Crippen LogP contribution in [-0.4, -0.2) is 26.4 Å². The van der Waals surface area contributed by atoms with Gasteiger partial charge in [-0.3, -0.25) is 0 Å². The predicted molar refractivity (Wildman–Crippen MR) is 89.2 cm³/mol. The third-order valence-corrected chi connectivity index (χ3v) is 2.62. The van der Waals surface area contributed by atoms with E-state index in [1.807, 2.05) is 52.0 Å². The van der Waals surface area contributed by atoms with Crippen molar-refractivity contribution >= 4 is 0 Å². The molecule has 0 aromatic heterocycles. The Bertz CT molecular complexity index is 401. The van der Waals surface area contributed by atoms with Crippen LogP contribution in [0, 0.1) is 11.8 Å². The lowest BCUT2D eigenvalue weighted by atomic mass is 10.1. The molecule has 0 aliphatic carbocycles. The van der Waals surface area contributed by atoms with Gasteiger partial charge < -0.3 is 15.2 Å². The molecule has 1 rings (SSSR count). The lowest BCUT2D eigenvalue weighted by Crippen LogP contribution is -2.04. The van der Waals surface area contributed by atoms with Crippen LogP contribution in [0.4, 0.5) is 0 Å². The Morgan fingerprint density at radius 1 is 1.10 bits per heavy atom. The van der Waals surface area contributed by atoms with Gasteiger partial charge in [-0.25, -0.2) is 0 Å². The first kappa shape index (κ1) is 19.7. The molecule has 1 aromatic carbocycles. The van der Waals surface area contributed by atoms with Crippen LogP contribution in [0.2, 0.25) is 0 Å². The Hall–Kier alpha value is -1.34. The normalized spacial score (nSPS) is 10.9. The fourth-order valence-electron chi connectivity index (χ4n) is 1.54. The summed E-state index contributed by atoms with van der Waals surface area (Å²) in [6.45, 7) is 10.6. The summed E-state index contributed by atoms with van der Waals surface area (Å²) in [6.07, 6.45) is 0.915. The monoisotopic (exact) mass is 291 g/mol. The smallest absolute Gasteiger partial charge is 0.108 e. The van der Waals surface area contributed by atoms with Gasteiger partial charge >= 0.3 is 0 Å². The van der Waals surface area contributed by atoms with E-state index < -0.39 is 0 Å². The molecular weight excluding hydrogens is 262 g/mol. The van der Waals surface area contributed by atoms with Crippen LogP contribution in [0.1, 0.15) is 51.3 Å². The summed E-state index contributed by atoms with van der Waals surface area (Å²) < 4.78 is 10.6. The van der Waals surface area contributed by atoms with Gasteiger partial charge in [0.1, 0.15) is 6.61 Å². The van der Waals surface area contributed by atoms with Crippen LogP contribution in [0.25, 0.3) is 0 Å². The summed E-state index contributed by atoms with van der Waals surface area (Å²) in [7, 11) is 0. The largest absolute Gasteiger partial charge is 0.382 e. The average Bonchev–Trinajstić information content (AvgIpc) is 2.52. The van der Waals surface area contributed by atoms with Gasteiger partial charge in [0.25, 0.3) is 0 Å². The van der Waals surface area contributed by atoms with Gasteiger partial charge in [0, 0.05) is 24.8 Å².